The minimum atomic E-state index is -0.342. The van der Waals surface area contributed by atoms with Gasteiger partial charge in [-0.3, -0.25) is 9.59 Å². The monoisotopic (exact) mass is 724 g/mol. The van der Waals surface area contributed by atoms with Gasteiger partial charge in [0.05, 0.1) is 61.9 Å². The molecule has 0 radical (unpaired) electrons. The summed E-state index contributed by atoms with van der Waals surface area (Å²) in [5.74, 6) is 8.73. The zero-order valence-corrected chi connectivity index (χ0v) is 33.0. The van der Waals surface area contributed by atoms with Crippen LogP contribution >= 0.6 is 0 Å². The fourth-order valence-corrected chi connectivity index (χ4v) is 15.5. The molecule has 20 unspecified atom stereocenters. The highest BCUT2D eigenvalue weighted by atomic mass is 16.6. The van der Waals surface area contributed by atoms with E-state index in [9.17, 15) is 9.59 Å². The summed E-state index contributed by atoms with van der Waals surface area (Å²) in [5, 5.41) is 0. The number of fused-ring (bicyclic) bond motifs is 17. The summed E-state index contributed by atoms with van der Waals surface area (Å²) in [5.41, 5.74) is -0.381. The van der Waals surface area contributed by atoms with Crippen LogP contribution in [0.5, 0.6) is 0 Å². The Balaban J connectivity index is 0.000000105. The van der Waals surface area contributed by atoms with Gasteiger partial charge in [0.25, 0.3) is 0 Å². The Morgan fingerprint density at radius 2 is 1.12 bits per heavy atom. The largest absolute Gasteiger partial charge is 0.465 e. The van der Waals surface area contributed by atoms with Crippen LogP contribution in [-0.2, 0) is 38.0 Å². The zero-order valence-electron chi connectivity index (χ0n) is 33.0. The molecule has 0 aromatic carbocycles. The molecule has 3 saturated carbocycles. The summed E-state index contributed by atoms with van der Waals surface area (Å²) < 4.78 is 35.5. The van der Waals surface area contributed by atoms with Crippen LogP contribution in [0.1, 0.15) is 131 Å². The highest BCUT2D eigenvalue weighted by Crippen LogP contribution is 2.65. The van der Waals surface area contributed by atoms with Gasteiger partial charge in [0.2, 0.25) is 0 Å². The molecule has 3 aliphatic carbocycles. The molecule has 0 aromatic heterocycles. The van der Waals surface area contributed by atoms with E-state index in [0.717, 1.165) is 68.6 Å². The van der Waals surface area contributed by atoms with Crippen molar-refractivity contribution in [3.8, 4) is 0 Å². The minimum absolute atomic E-state index is 0.0201. The third-order valence-corrected chi connectivity index (χ3v) is 17.4. The number of hydrogen-bond acceptors (Lipinski definition) is 8. The Labute approximate surface area is 312 Å². The van der Waals surface area contributed by atoms with Crippen molar-refractivity contribution in [2.75, 3.05) is 13.2 Å². The first-order valence-electron chi connectivity index (χ1n) is 22.2. The van der Waals surface area contributed by atoms with E-state index in [1.54, 1.807) is 25.7 Å². The molecule has 11 aliphatic rings. The molecule has 2 spiro atoms. The van der Waals surface area contributed by atoms with Crippen molar-refractivity contribution in [3.63, 3.8) is 0 Å². The summed E-state index contributed by atoms with van der Waals surface area (Å²) in [6.07, 6.45) is 18.6. The SMILES string of the molecule is CCC1CC(CC)C2C3CCC(C3)C12.CCC1OC(CC)C2C1C1CC3(CCOC3=O)C2O1.CCC1OC(CC)C2C1C1CC3(COC(=O)C3)C2O1. The van der Waals surface area contributed by atoms with Gasteiger partial charge in [-0.15, -0.1) is 0 Å². The maximum Gasteiger partial charge on any atom is 0.314 e. The average Bonchev–Trinajstić information content (AvgIpc) is 4.01. The number of carbonyl (C=O) groups excluding carboxylic acids is 2. The van der Waals surface area contributed by atoms with E-state index in [0.29, 0.717) is 61.6 Å². The van der Waals surface area contributed by atoms with Crippen LogP contribution in [0, 0.1) is 70.0 Å². The molecule has 8 nitrogen and oxygen atoms in total. The van der Waals surface area contributed by atoms with E-state index in [1.165, 1.54) is 24.7 Å². The Morgan fingerprint density at radius 1 is 0.577 bits per heavy atom. The third-order valence-electron chi connectivity index (χ3n) is 17.4. The Hall–Kier alpha value is -1.22. The second-order valence-electron chi connectivity index (χ2n) is 19.3. The minimum Gasteiger partial charge on any atom is -0.465 e. The molecular weight excluding hydrogens is 656 g/mol. The second-order valence-corrected chi connectivity index (χ2v) is 19.3. The number of esters is 2. The Bertz CT molecular complexity index is 1330. The van der Waals surface area contributed by atoms with Crippen molar-refractivity contribution in [1.82, 2.24) is 0 Å². The topological polar surface area (TPSA) is 89.5 Å². The smallest absolute Gasteiger partial charge is 0.314 e. The summed E-state index contributed by atoms with van der Waals surface area (Å²) in [4.78, 5) is 23.7. The van der Waals surface area contributed by atoms with E-state index in [4.69, 9.17) is 28.4 Å². The van der Waals surface area contributed by atoms with Gasteiger partial charge in [0, 0.05) is 35.5 Å². The maximum absolute atomic E-state index is 12.2. The molecule has 0 amide bonds. The lowest BCUT2D eigenvalue weighted by Crippen LogP contribution is -2.47. The number of hydrogen-bond donors (Lipinski definition) is 0. The maximum atomic E-state index is 12.2. The summed E-state index contributed by atoms with van der Waals surface area (Å²) >= 11 is 0. The quantitative estimate of drug-likeness (QED) is 0.256. The molecule has 11 fully saturated rings. The fraction of sp³-hybridized carbons (Fsp3) is 0.955. The van der Waals surface area contributed by atoms with Gasteiger partial charge < -0.3 is 28.4 Å². The molecular formula is C44H68O8. The molecule has 8 heterocycles. The van der Waals surface area contributed by atoms with Crippen molar-refractivity contribution in [2.45, 2.75) is 180 Å². The summed E-state index contributed by atoms with van der Waals surface area (Å²) in [7, 11) is 0. The van der Waals surface area contributed by atoms with Crippen molar-refractivity contribution in [1.29, 1.82) is 0 Å². The summed E-state index contributed by atoms with van der Waals surface area (Å²) in [6.45, 7) is 14.7. The van der Waals surface area contributed by atoms with Gasteiger partial charge in [-0.1, -0.05) is 54.4 Å². The molecule has 0 N–H and O–H groups in total. The standard InChI is InChI=1S/2C15H22O4.C14H24/c1-3-8-12-10-5-15(6-11(16)17-7-15)14(19-10)13(12)9(4-2)18-8;1-3-8-11-10-7-15(5-6-17-14(15)16)13(19-10)12(11)9(4-2)18-8;1-3-9-7-10(4-2)14-12-6-5-11(8-12)13(9)14/h8-10,12-14H,3-7H2,1-2H3;8-13H,3-7H2,1-2H3;9-14H,3-8H2,1-2H3. The van der Waals surface area contributed by atoms with Gasteiger partial charge in [-0.05, 0) is 99.7 Å². The Morgan fingerprint density at radius 3 is 1.62 bits per heavy atom. The predicted molar refractivity (Wildman–Crippen MR) is 195 cm³/mol. The van der Waals surface area contributed by atoms with Crippen molar-refractivity contribution in [2.24, 2.45) is 70.0 Å². The van der Waals surface area contributed by atoms with E-state index in [-0.39, 0.29) is 53.3 Å². The van der Waals surface area contributed by atoms with Gasteiger partial charge in [0.15, 0.2) is 0 Å². The molecule has 0 aromatic rings. The number of carbonyl (C=O) groups is 2. The second kappa shape index (κ2) is 13.8. The number of ether oxygens (including phenoxy) is 6. The first-order chi connectivity index (χ1) is 25.2. The van der Waals surface area contributed by atoms with Crippen LogP contribution in [0.3, 0.4) is 0 Å². The van der Waals surface area contributed by atoms with Gasteiger partial charge in [0.1, 0.15) is 12.0 Å². The number of cyclic esters (lactones) is 2. The zero-order chi connectivity index (χ0) is 36.1. The van der Waals surface area contributed by atoms with Gasteiger partial charge >= 0.3 is 11.9 Å². The normalized spacial score (nSPS) is 55.0. The molecule has 8 saturated heterocycles. The predicted octanol–water partition coefficient (Wildman–Crippen LogP) is 7.93. The fourth-order valence-electron chi connectivity index (χ4n) is 15.5. The highest BCUT2D eigenvalue weighted by Gasteiger charge is 2.72. The van der Waals surface area contributed by atoms with Crippen LogP contribution in [0.15, 0.2) is 0 Å². The van der Waals surface area contributed by atoms with E-state index >= 15 is 0 Å². The molecule has 292 valence electrons. The van der Waals surface area contributed by atoms with Crippen molar-refractivity contribution < 1.29 is 38.0 Å². The van der Waals surface area contributed by atoms with Crippen LogP contribution in [0.2, 0.25) is 0 Å². The molecule has 8 aliphatic heterocycles. The Kier molecular flexibility index (Phi) is 9.64. The lowest BCUT2D eigenvalue weighted by atomic mass is 9.62. The van der Waals surface area contributed by atoms with Crippen molar-refractivity contribution >= 4 is 11.9 Å². The van der Waals surface area contributed by atoms with Crippen LogP contribution in [0.25, 0.3) is 0 Å². The lowest BCUT2D eigenvalue weighted by Gasteiger charge is -2.36. The van der Waals surface area contributed by atoms with Crippen molar-refractivity contribution in [3.05, 3.63) is 0 Å². The first-order valence-corrected chi connectivity index (χ1v) is 22.2. The highest BCUT2D eigenvalue weighted by molar-refractivity contribution is 5.80. The van der Waals surface area contributed by atoms with Crippen LogP contribution in [0.4, 0.5) is 0 Å². The third kappa shape index (κ3) is 5.24. The summed E-state index contributed by atoms with van der Waals surface area (Å²) in [6, 6.07) is 0. The van der Waals surface area contributed by atoms with E-state index in [2.05, 4.69) is 41.5 Å². The molecule has 6 bridgehead atoms. The lowest BCUT2D eigenvalue weighted by molar-refractivity contribution is -0.150. The first kappa shape index (κ1) is 36.4. The van der Waals surface area contributed by atoms with E-state index < -0.39 is 0 Å². The van der Waals surface area contributed by atoms with Gasteiger partial charge in [-0.25, -0.2) is 0 Å². The molecule has 8 heteroatoms. The number of rotatable bonds is 6. The van der Waals surface area contributed by atoms with E-state index in [1.807, 2.05) is 0 Å². The van der Waals surface area contributed by atoms with Gasteiger partial charge in [-0.2, -0.15) is 0 Å². The molecule has 20 atom stereocenters. The average molecular weight is 725 g/mol. The molecule has 52 heavy (non-hydrogen) atoms. The van der Waals surface area contributed by atoms with Crippen LogP contribution < -0.4 is 0 Å². The van der Waals surface area contributed by atoms with Crippen LogP contribution in [-0.4, -0.2) is 74.0 Å². The molecule has 11 rings (SSSR count).